The first-order valence-corrected chi connectivity index (χ1v) is 15.7. The summed E-state index contributed by atoms with van der Waals surface area (Å²) in [7, 11) is 0. The van der Waals surface area contributed by atoms with Crippen LogP contribution in [0.1, 0.15) is 54.2 Å². The lowest BCUT2D eigenvalue weighted by Crippen LogP contribution is -1.92. The summed E-state index contributed by atoms with van der Waals surface area (Å²) in [6.45, 7) is 10.8. The van der Waals surface area contributed by atoms with Gasteiger partial charge in [-0.2, -0.15) is 0 Å². The zero-order chi connectivity index (χ0) is 32.1. The van der Waals surface area contributed by atoms with Gasteiger partial charge in [-0.05, 0) is 100 Å². The highest BCUT2D eigenvalue weighted by molar-refractivity contribution is 6.16. The molecule has 226 valence electrons. The molecule has 0 bridgehead atoms. The molecule has 1 aromatic heterocycles. The number of nitrogens with zero attached hydrogens (tertiary/aromatic N) is 2. The lowest BCUT2D eigenvalue weighted by atomic mass is 9.94. The zero-order valence-corrected chi connectivity index (χ0v) is 26.9. The molecule has 5 aromatic rings. The van der Waals surface area contributed by atoms with Crippen molar-refractivity contribution in [1.29, 1.82) is 0 Å². The van der Waals surface area contributed by atoms with Gasteiger partial charge in [-0.1, -0.05) is 134 Å². The molecule has 1 heterocycles. The molecule has 0 fully saturated rings. The van der Waals surface area contributed by atoms with Crippen LogP contribution in [0.2, 0.25) is 0 Å². The minimum atomic E-state index is 0.588. The van der Waals surface area contributed by atoms with Crippen molar-refractivity contribution in [2.75, 3.05) is 0 Å². The van der Waals surface area contributed by atoms with E-state index in [0.717, 1.165) is 39.0 Å². The predicted octanol–water partition coefficient (Wildman–Crippen LogP) is 11.9. The van der Waals surface area contributed by atoms with Gasteiger partial charge >= 0.3 is 0 Å². The van der Waals surface area contributed by atoms with E-state index >= 15 is 0 Å². The van der Waals surface area contributed by atoms with Crippen molar-refractivity contribution in [3.05, 3.63) is 180 Å². The molecule has 5 rings (SSSR count). The fourth-order valence-electron chi connectivity index (χ4n) is 5.50. The van der Waals surface area contributed by atoms with Gasteiger partial charge in [0.15, 0.2) is 0 Å². The Kier molecular flexibility index (Phi) is 11.0. The molecule has 0 aliphatic heterocycles. The normalized spacial score (nSPS) is 12.4. The number of aromatic nitrogens is 1. The maximum atomic E-state index is 4.93. The molecule has 0 aliphatic rings. The Morgan fingerprint density at radius 1 is 0.739 bits per heavy atom. The van der Waals surface area contributed by atoms with Crippen molar-refractivity contribution in [3.8, 4) is 22.3 Å². The van der Waals surface area contributed by atoms with Crippen LogP contribution in [0.4, 0.5) is 0 Å². The molecule has 46 heavy (non-hydrogen) atoms. The molecule has 0 atom stereocenters. The van der Waals surface area contributed by atoms with Gasteiger partial charge in [0, 0.05) is 24.2 Å². The summed E-state index contributed by atoms with van der Waals surface area (Å²) in [6, 6.07) is 36.4. The summed E-state index contributed by atoms with van der Waals surface area (Å²) in [5, 5.41) is 0. The van der Waals surface area contributed by atoms with Crippen LogP contribution in [0.25, 0.3) is 51.6 Å². The molecule has 0 saturated carbocycles. The molecule has 0 saturated heterocycles. The molecule has 4 aromatic carbocycles. The Morgan fingerprint density at radius 3 is 2.15 bits per heavy atom. The number of pyridine rings is 1. The average molecular weight is 597 g/mol. The van der Waals surface area contributed by atoms with Crippen LogP contribution in [-0.2, 0) is 6.54 Å². The van der Waals surface area contributed by atoms with E-state index in [9.17, 15) is 0 Å². The lowest BCUT2D eigenvalue weighted by molar-refractivity contribution is 1.08. The van der Waals surface area contributed by atoms with E-state index in [1.807, 2.05) is 38.4 Å². The first-order valence-electron chi connectivity index (χ1n) is 15.7. The van der Waals surface area contributed by atoms with Crippen molar-refractivity contribution < 1.29 is 0 Å². The first kappa shape index (κ1) is 31.8. The standard InChI is InChI=1S/C44H40N2/c1-5-12-35(7-3)39-15-9-16-40(29-39)42(28-33-19-23-37(24-20-33)41-17-11-27-45-31-41)32-46-30-34-21-25-38(26-22-34)44-18-10-14-36(8-4)43(44)13-6-2/h5-29,31-32H,4,30H2,1-3H3/b12-5-,13-6-,35-7+,42-28-,46-32?. The van der Waals surface area contributed by atoms with Gasteiger partial charge in [0.25, 0.3) is 0 Å². The van der Waals surface area contributed by atoms with E-state index in [0.29, 0.717) is 6.54 Å². The SMILES string of the molecule is C=Cc1cccc(-c2ccc(CN=C/C(=C/c3ccc(-c4cccnc4)cc3)c3cccc(C(/C=C\C)=C/C)c3)cc2)c1/C=C\C. The topological polar surface area (TPSA) is 25.2 Å². The molecule has 0 amide bonds. The van der Waals surface area contributed by atoms with Crippen molar-refractivity contribution in [2.45, 2.75) is 27.3 Å². The van der Waals surface area contributed by atoms with E-state index < -0.39 is 0 Å². The fraction of sp³-hybridized carbons (Fsp3) is 0.0909. The van der Waals surface area contributed by atoms with Gasteiger partial charge in [-0.25, -0.2) is 0 Å². The molecule has 0 spiro atoms. The van der Waals surface area contributed by atoms with Crippen molar-refractivity contribution in [3.63, 3.8) is 0 Å². The quantitative estimate of drug-likeness (QED) is 0.0846. The average Bonchev–Trinajstić information content (AvgIpc) is 3.11. The predicted molar refractivity (Wildman–Crippen MR) is 201 cm³/mol. The zero-order valence-electron chi connectivity index (χ0n) is 26.9. The molecule has 0 radical (unpaired) electrons. The van der Waals surface area contributed by atoms with Crippen LogP contribution in [0.5, 0.6) is 0 Å². The Morgan fingerprint density at radius 2 is 1.48 bits per heavy atom. The van der Waals surface area contributed by atoms with Gasteiger partial charge in [-0.3, -0.25) is 9.98 Å². The maximum absolute atomic E-state index is 4.93. The van der Waals surface area contributed by atoms with Crippen molar-refractivity contribution in [1.82, 2.24) is 4.98 Å². The molecular weight excluding hydrogens is 556 g/mol. The van der Waals surface area contributed by atoms with E-state index in [1.54, 1.807) is 6.20 Å². The van der Waals surface area contributed by atoms with Gasteiger partial charge in [0.1, 0.15) is 0 Å². The number of hydrogen-bond acceptors (Lipinski definition) is 2. The first-order chi connectivity index (χ1) is 22.6. The van der Waals surface area contributed by atoms with E-state index in [1.165, 1.54) is 27.8 Å². The van der Waals surface area contributed by atoms with Gasteiger partial charge in [0.2, 0.25) is 0 Å². The Labute approximate surface area is 274 Å². The van der Waals surface area contributed by atoms with Gasteiger partial charge < -0.3 is 0 Å². The lowest BCUT2D eigenvalue weighted by Gasteiger charge is -2.11. The van der Waals surface area contributed by atoms with Crippen molar-refractivity contribution >= 4 is 35.6 Å². The monoisotopic (exact) mass is 596 g/mol. The minimum Gasteiger partial charge on any atom is -0.288 e. The van der Waals surface area contributed by atoms with Crippen LogP contribution in [0, 0.1) is 0 Å². The highest BCUT2D eigenvalue weighted by Crippen LogP contribution is 2.29. The molecule has 0 unspecified atom stereocenters. The van der Waals surface area contributed by atoms with Crippen LogP contribution >= 0.6 is 0 Å². The third kappa shape index (κ3) is 7.91. The summed E-state index contributed by atoms with van der Waals surface area (Å²) in [5.74, 6) is 0. The van der Waals surface area contributed by atoms with E-state index in [4.69, 9.17) is 4.99 Å². The number of hydrogen-bond donors (Lipinski definition) is 0. The Balaban J connectivity index is 1.44. The van der Waals surface area contributed by atoms with E-state index in [-0.39, 0.29) is 0 Å². The second-order valence-corrected chi connectivity index (χ2v) is 11.0. The highest BCUT2D eigenvalue weighted by Gasteiger charge is 2.07. The second-order valence-electron chi connectivity index (χ2n) is 11.0. The summed E-state index contributed by atoms with van der Waals surface area (Å²) in [4.78, 5) is 9.20. The van der Waals surface area contributed by atoms with Crippen LogP contribution < -0.4 is 0 Å². The minimum absolute atomic E-state index is 0.588. The summed E-state index contributed by atoms with van der Waals surface area (Å²) < 4.78 is 0. The Hall–Kier alpha value is -5.60. The molecule has 0 N–H and O–H groups in total. The maximum Gasteiger partial charge on any atom is 0.0639 e. The molecular formula is C44H40N2. The number of aliphatic imine (C=N–C) groups is 1. The number of allylic oxidation sites excluding steroid dienone is 6. The molecule has 2 nitrogen and oxygen atoms in total. The fourth-order valence-corrected chi connectivity index (χ4v) is 5.50. The van der Waals surface area contributed by atoms with E-state index in [2.05, 4.69) is 152 Å². The van der Waals surface area contributed by atoms with Crippen LogP contribution in [0.15, 0.2) is 151 Å². The number of benzene rings is 4. The second kappa shape index (κ2) is 15.9. The molecule has 0 aliphatic carbocycles. The summed E-state index contributed by atoms with van der Waals surface area (Å²) >= 11 is 0. The van der Waals surface area contributed by atoms with Gasteiger partial charge in [0.05, 0.1) is 6.54 Å². The summed E-state index contributed by atoms with van der Waals surface area (Å²) in [5.41, 5.74) is 13.8. The third-order valence-corrected chi connectivity index (χ3v) is 7.88. The van der Waals surface area contributed by atoms with Crippen LogP contribution in [-0.4, -0.2) is 11.2 Å². The van der Waals surface area contributed by atoms with Gasteiger partial charge in [-0.15, -0.1) is 0 Å². The third-order valence-electron chi connectivity index (χ3n) is 7.88. The Bertz CT molecular complexity index is 1920. The largest absolute Gasteiger partial charge is 0.288 e. The molecule has 2 heteroatoms. The van der Waals surface area contributed by atoms with Crippen molar-refractivity contribution in [2.24, 2.45) is 4.99 Å². The number of rotatable bonds is 11. The highest BCUT2D eigenvalue weighted by atomic mass is 14.7. The van der Waals surface area contributed by atoms with Crippen LogP contribution in [0.3, 0.4) is 0 Å². The smallest absolute Gasteiger partial charge is 0.0639 e. The summed E-state index contributed by atoms with van der Waals surface area (Å²) in [6.07, 6.45) is 20.4.